The standard InChI is InChI=1S/C11H9ClO2/c1-6(13)11-7(2)14-10-5-8(12)3-4-9(10)11/h3-5H,1-2H3. The van der Waals surface area contributed by atoms with Gasteiger partial charge in [-0.15, -0.1) is 0 Å². The molecule has 0 aliphatic carbocycles. The summed E-state index contributed by atoms with van der Waals surface area (Å²) in [6, 6.07) is 5.28. The zero-order valence-electron chi connectivity index (χ0n) is 7.93. The number of fused-ring (bicyclic) bond motifs is 1. The molecule has 0 aliphatic rings. The minimum atomic E-state index is 0.0172. The Kier molecular flexibility index (Phi) is 2.08. The molecule has 3 heteroatoms. The van der Waals surface area contributed by atoms with Gasteiger partial charge in [-0.1, -0.05) is 11.6 Å². The van der Waals surface area contributed by atoms with Crippen LogP contribution in [0.1, 0.15) is 23.0 Å². The maximum Gasteiger partial charge on any atom is 0.163 e. The average molecular weight is 209 g/mol. The van der Waals surface area contributed by atoms with Crippen LogP contribution in [0.15, 0.2) is 22.6 Å². The van der Waals surface area contributed by atoms with Crippen LogP contribution in [0.25, 0.3) is 11.0 Å². The van der Waals surface area contributed by atoms with Crippen molar-refractivity contribution in [3.8, 4) is 0 Å². The van der Waals surface area contributed by atoms with Crippen molar-refractivity contribution < 1.29 is 9.21 Å². The van der Waals surface area contributed by atoms with E-state index in [4.69, 9.17) is 16.0 Å². The number of benzene rings is 1. The SMILES string of the molecule is CC(=O)c1c(C)oc2cc(Cl)ccc12. The summed E-state index contributed by atoms with van der Waals surface area (Å²) in [6.45, 7) is 3.32. The molecule has 2 rings (SSSR count). The number of halogens is 1. The number of carbonyl (C=O) groups excluding carboxylic acids is 1. The molecule has 0 radical (unpaired) electrons. The van der Waals surface area contributed by atoms with Gasteiger partial charge in [-0.3, -0.25) is 4.79 Å². The topological polar surface area (TPSA) is 30.2 Å². The Labute approximate surface area is 86.5 Å². The molecular formula is C11H9ClO2. The molecule has 0 unspecified atom stereocenters. The molecule has 72 valence electrons. The van der Waals surface area contributed by atoms with E-state index in [2.05, 4.69) is 0 Å². The number of furan rings is 1. The Morgan fingerprint density at radius 3 is 2.79 bits per heavy atom. The monoisotopic (exact) mass is 208 g/mol. The summed E-state index contributed by atoms with van der Waals surface area (Å²) in [6.07, 6.45) is 0. The van der Waals surface area contributed by atoms with Crippen LogP contribution in [0.4, 0.5) is 0 Å². The van der Waals surface area contributed by atoms with Gasteiger partial charge in [0.2, 0.25) is 0 Å². The molecule has 0 saturated heterocycles. The maximum atomic E-state index is 11.3. The summed E-state index contributed by atoms with van der Waals surface area (Å²) in [7, 11) is 0. The second-order valence-electron chi connectivity index (χ2n) is 3.23. The van der Waals surface area contributed by atoms with Crippen LogP contribution in [-0.4, -0.2) is 5.78 Å². The Balaban J connectivity index is 2.84. The minimum absolute atomic E-state index is 0.0172. The predicted molar refractivity (Wildman–Crippen MR) is 56.0 cm³/mol. The lowest BCUT2D eigenvalue weighted by Crippen LogP contribution is -1.91. The van der Waals surface area contributed by atoms with Crippen molar-refractivity contribution in [3.63, 3.8) is 0 Å². The van der Waals surface area contributed by atoms with Crippen LogP contribution in [0.3, 0.4) is 0 Å². The van der Waals surface area contributed by atoms with Crippen molar-refractivity contribution in [2.75, 3.05) is 0 Å². The predicted octanol–water partition coefficient (Wildman–Crippen LogP) is 3.60. The number of ketones is 1. The van der Waals surface area contributed by atoms with Crippen molar-refractivity contribution in [3.05, 3.63) is 34.5 Å². The van der Waals surface area contributed by atoms with Crippen LogP contribution in [0, 0.1) is 6.92 Å². The normalized spacial score (nSPS) is 10.8. The van der Waals surface area contributed by atoms with Gasteiger partial charge in [0.1, 0.15) is 11.3 Å². The number of hydrogen-bond donors (Lipinski definition) is 0. The summed E-state index contributed by atoms with van der Waals surface area (Å²) in [5, 5.41) is 1.45. The highest BCUT2D eigenvalue weighted by atomic mass is 35.5. The van der Waals surface area contributed by atoms with Gasteiger partial charge >= 0.3 is 0 Å². The molecule has 0 spiro atoms. The minimum Gasteiger partial charge on any atom is -0.461 e. The van der Waals surface area contributed by atoms with Gasteiger partial charge in [0, 0.05) is 16.5 Å². The van der Waals surface area contributed by atoms with Crippen LogP contribution >= 0.6 is 11.6 Å². The highest BCUT2D eigenvalue weighted by Crippen LogP contribution is 2.27. The molecule has 1 aromatic heterocycles. The first kappa shape index (κ1) is 9.28. The zero-order chi connectivity index (χ0) is 10.3. The molecule has 0 N–H and O–H groups in total. The molecule has 2 aromatic rings. The lowest BCUT2D eigenvalue weighted by molar-refractivity contribution is 0.101. The van der Waals surface area contributed by atoms with Gasteiger partial charge in [-0.2, -0.15) is 0 Å². The lowest BCUT2D eigenvalue weighted by atomic mass is 10.1. The number of Topliss-reactive ketones (excluding diaryl/α,β-unsaturated/α-hetero) is 1. The summed E-state index contributed by atoms with van der Waals surface area (Å²) in [5.41, 5.74) is 1.32. The number of rotatable bonds is 1. The Bertz CT molecular complexity index is 511. The number of aryl methyl sites for hydroxylation is 1. The third-order valence-electron chi connectivity index (χ3n) is 2.18. The molecular weight excluding hydrogens is 200 g/mol. The molecule has 0 bridgehead atoms. The van der Waals surface area contributed by atoms with Gasteiger partial charge in [-0.05, 0) is 26.0 Å². The highest BCUT2D eigenvalue weighted by Gasteiger charge is 2.14. The largest absolute Gasteiger partial charge is 0.461 e. The van der Waals surface area contributed by atoms with E-state index in [1.54, 1.807) is 19.1 Å². The van der Waals surface area contributed by atoms with E-state index < -0.39 is 0 Å². The summed E-state index contributed by atoms with van der Waals surface area (Å²) >= 11 is 5.81. The molecule has 0 atom stereocenters. The van der Waals surface area contributed by atoms with Gasteiger partial charge in [0.15, 0.2) is 5.78 Å². The molecule has 0 amide bonds. The van der Waals surface area contributed by atoms with E-state index in [0.717, 1.165) is 5.39 Å². The summed E-state index contributed by atoms with van der Waals surface area (Å²) < 4.78 is 5.44. The third kappa shape index (κ3) is 1.32. The first-order valence-corrected chi connectivity index (χ1v) is 4.67. The smallest absolute Gasteiger partial charge is 0.163 e. The Morgan fingerprint density at radius 2 is 2.14 bits per heavy atom. The van der Waals surface area contributed by atoms with Gasteiger partial charge < -0.3 is 4.42 Å². The second-order valence-corrected chi connectivity index (χ2v) is 3.67. The molecule has 14 heavy (non-hydrogen) atoms. The van der Waals surface area contributed by atoms with Crippen LogP contribution in [0.5, 0.6) is 0 Å². The fourth-order valence-corrected chi connectivity index (χ4v) is 1.79. The van der Waals surface area contributed by atoms with E-state index in [-0.39, 0.29) is 5.78 Å². The van der Waals surface area contributed by atoms with Crippen LogP contribution in [-0.2, 0) is 0 Å². The van der Waals surface area contributed by atoms with Crippen molar-refractivity contribution in [2.24, 2.45) is 0 Å². The van der Waals surface area contributed by atoms with E-state index in [1.807, 2.05) is 6.07 Å². The molecule has 0 fully saturated rings. The number of carbonyl (C=O) groups is 1. The maximum absolute atomic E-state index is 11.3. The second kappa shape index (κ2) is 3.14. The molecule has 2 nitrogen and oxygen atoms in total. The van der Waals surface area contributed by atoms with E-state index in [0.29, 0.717) is 21.9 Å². The molecule has 0 aliphatic heterocycles. The van der Waals surface area contributed by atoms with Crippen molar-refractivity contribution >= 4 is 28.4 Å². The van der Waals surface area contributed by atoms with E-state index >= 15 is 0 Å². The Morgan fingerprint density at radius 1 is 1.43 bits per heavy atom. The third-order valence-corrected chi connectivity index (χ3v) is 2.42. The van der Waals surface area contributed by atoms with Crippen molar-refractivity contribution in [1.82, 2.24) is 0 Å². The average Bonchev–Trinajstić information content (AvgIpc) is 2.39. The highest BCUT2D eigenvalue weighted by molar-refractivity contribution is 6.31. The Hall–Kier alpha value is -1.28. The molecule has 1 heterocycles. The fourth-order valence-electron chi connectivity index (χ4n) is 1.63. The molecule has 0 saturated carbocycles. The van der Waals surface area contributed by atoms with Gasteiger partial charge in [0.25, 0.3) is 0 Å². The van der Waals surface area contributed by atoms with E-state index in [9.17, 15) is 4.79 Å². The van der Waals surface area contributed by atoms with Gasteiger partial charge in [0.05, 0.1) is 5.56 Å². The summed E-state index contributed by atoms with van der Waals surface area (Å²) in [4.78, 5) is 11.3. The van der Waals surface area contributed by atoms with Crippen LogP contribution in [0.2, 0.25) is 5.02 Å². The first-order valence-electron chi connectivity index (χ1n) is 4.29. The zero-order valence-corrected chi connectivity index (χ0v) is 8.68. The van der Waals surface area contributed by atoms with Crippen molar-refractivity contribution in [1.29, 1.82) is 0 Å². The molecule has 1 aromatic carbocycles. The van der Waals surface area contributed by atoms with Gasteiger partial charge in [-0.25, -0.2) is 0 Å². The van der Waals surface area contributed by atoms with Crippen LogP contribution < -0.4 is 0 Å². The van der Waals surface area contributed by atoms with E-state index in [1.165, 1.54) is 6.92 Å². The lowest BCUT2D eigenvalue weighted by Gasteiger charge is -1.92. The fraction of sp³-hybridized carbons (Fsp3) is 0.182. The quantitative estimate of drug-likeness (QED) is 0.671. The first-order chi connectivity index (χ1) is 6.59. The summed E-state index contributed by atoms with van der Waals surface area (Å²) in [5.74, 6) is 0.665. The van der Waals surface area contributed by atoms with Crippen molar-refractivity contribution in [2.45, 2.75) is 13.8 Å². The number of hydrogen-bond acceptors (Lipinski definition) is 2.